The number of alkyl halides is 1. The van der Waals surface area contributed by atoms with Gasteiger partial charge in [-0.05, 0) is 50.1 Å². The summed E-state index contributed by atoms with van der Waals surface area (Å²) in [5.41, 5.74) is 0. The van der Waals surface area contributed by atoms with E-state index in [-0.39, 0.29) is 0 Å². The highest BCUT2D eigenvalue weighted by molar-refractivity contribution is 9.13. The van der Waals surface area contributed by atoms with Crippen molar-refractivity contribution in [2.45, 2.75) is 0 Å². The first-order valence-corrected chi connectivity index (χ1v) is 4.46. The molecule has 1 nitrogen and oxygen atoms in total. The van der Waals surface area contributed by atoms with Gasteiger partial charge < -0.3 is 4.74 Å². The molecule has 1 aromatic carbocycles. The zero-order valence-corrected chi connectivity index (χ0v) is 8.65. The second-order valence-electron chi connectivity index (χ2n) is 1.83. The van der Waals surface area contributed by atoms with Crippen molar-refractivity contribution in [1.29, 1.82) is 0 Å². The van der Waals surface area contributed by atoms with Gasteiger partial charge in [0.1, 0.15) is 5.75 Å². The molecule has 0 aromatic heterocycles. The Bertz CT molecular complexity index is 252. The van der Waals surface area contributed by atoms with Crippen LogP contribution in [0.3, 0.4) is 0 Å². The molecule has 4 heteroatoms. The van der Waals surface area contributed by atoms with Gasteiger partial charge in [-0.1, -0.05) is 0 Å². The maximum absolute atomic E-state index is 11.7. The zero-order chi connectivity index (χ0) is 8.27. The first-order chi connectivity index (χ1) is 5.24. The second-order valence-corrected chi connectivity index (χ2v) is 3.54. The summed E-state index contributed by atoms with van der Waals surface area (Å²) in [5.74, 6) is 0.516. The molecule has 1 rings (SSSR count). The molecule has 0 fully saturated rings. The molecule has 0 N–H and O–H groups in total. The van der Waals surface area contributed by atoms with E-state index < -0.39 is 6.86 Å². The van der Waals surface area contributed by atoms with Crippen LogP contribution in [0.1, 0.15) is 0 Å². The summed E-state index contributed by atoms with van der Waals surface area (Å²) >= 11 is 6.55. The first kappa shape index (κ1) is 9.00. The molecule has 0 saturated heterocycles. The Hall–Kier alpha value is -0.0900. The van der Waals surface area contributed by atoms with E-state index in [1.165, 1.54) is 0 Å². The van der Waals surface area contributed by atoms with E-state index >= 15 is 0 Å². The average molecular weight is 284 g/mol. The molecule has 0 unspecified atom stereocenters. The maximum atomic E-state index is 11.7. The van der Waals surface area contributed by atoms with Crippen molar-refractivity contribution in [3.8, 4) is 5.75 Å². The molecule has 0 bridgehead atoms. The number of halogens is 3. The normalized spacial score (nSPS) is 9.73. The molecule has 0 radical (unpaired) electrons. The minimum absolute atomic E-state index is 0.516. The lowest BCUT2D eigenvalue weighted by molar-refractivity contribution is 0.191. The fourth-order valence-electron chi connectivity index (χ4n) is 0.630. The van der Waals surface area contributed by atoms with Gasteiger partial charge in [0, 0.05) is 8.95 Å². The summed E-state index contributed by atoms with van der Waals surface area (Å²) in [7, 11) is 0. The molecule has 0 heterocycles. The van der Waals surface area contributed by atoms with Gasteiger partial charge in [-0.3, -0.25) is 0 Å². The molecular weight excluding hydrogens is 279 g/mol. The highest BCUT2D eigenvalue weighted by Crippen LogP contribution is 2.27. The lowest BCUT2D eigenvalue weighted by Crippen LogP contribution is -1.89. The maximum Gasteiger partial charge on any atom is 0.228 e. The minimum atomic E-state index is -0.798. The molecule has 0 aliphatic rings. The van der Waals surface area contributed by atoms with Crippen LogP contribution in [0.25, 0.3) is 0 Å². The Morgan fingerprint density at radius 1 is 1.27 bits per heavy atom. The van der Waals surface area contributed by atoms with Gasteiger partial charge in [-0.15, -0.1) is 0 Å². The van der Waals surface area contributed by atoms with E-state index in [1.54, 1.807) is 18.2 Å². The highest BCUT2D eigenvalue weighted by atomic mass is 79.9. The molecule has 0 spiro atoms. The predicted octanol–water partition coefficient (Wildman–Crippen LogP) is 3.52. The summed E-state index contributed by atoms with van der Waals surface area (Å²) in [6.07, 6.45) is 0. The Morgan fingerprint density at radius 3 is 2.55 bits per heavy atom. The van der Waals surface area contributed by atoms with Gasteiger partial charge >= 0.3 is 0 Å². The van der Waals surface area contributed by atoms with Gasteiger partial charge in [0.05, 0.1) is 0 Å². The Labute approximate surface area is 80.8 Å². The summed E-state index contributed by atoms with van der Waals surface area (Å²) in [6.45, 7) is -0.798. The Kier molecular flexibility index (Phi) is 3.33. The van der Waals surface area contributed by atoms with Gasteiger partial charge in [-0.25, -0.2) is 4.39 Å². The monoisotopic (exact) mass is 282 g/mol. The van der Waals surface area contributed by atoms with Crippen molar-refractivity contribution in [2.24, 2.45) is 0 Å². The van der Waals surface area contributed by atoms with E-state index in [2.05, 4.69) is 36.6 Å². The van der Waals surface area contributed by atoms with Gasteiger partial charge in [0.2, 0.25) is 6.86 Å². The standard InChI is InChI=1S/C7H5Br2FO/c8-6-2-1-5(11-4-10)3-7(6)9/h1-3H,4H2. The molecule has 11 heavy (non-hydrogen) atoms. The Morgan fingerprint density at radius 2 is 2.00 bits per heavy atom. The molecule has 0 aliphatic carbocycles. The van der Waals surface area contributed by atoms with Crippen molar-refractivity contribution < 1.29 is 9.13 Å². The van der Waals surface area contributed by atoms with Gasteiger partial charge in [-0.2, -0.15) is 0 Å². The van der Waals surface area contributed by atoms with Gasteiger partial charge in [0.25, 0.3) is 0 Å². The van der Waals surface area contributed by atoms with E-state index in [0.717, 1.165) is 8.95 Å². The third kappa shape index (κ3) is 2.45. The molecule has 0 atom stereocenters. The molecule has 0 amide bonds. The lowest BCUT2D eigenvalue weighted by Gasteiger charge is -2.01. The summed E-state index contributed by atoms with van der Waals surface area (Å²) in [4.78, 5) is 0. The third-order valence-corrected chi connectivity index (χ3v) is 2.99. The largest absolute Gasteiger partial charge is 0.463 e. The van der Waals surface area contributed by atoms with E-state index in [9.17, 15) is 4.39 Å². The fourth-order valence-corrected chi connectivity index (χ4v) is 1.23. The third-order valence-electron chi connectivity index (χ3n) is 1.11. The molecule has 1 aromatic rings. The van der Waals surface area contributed by atoms with E-state index in [0.29, 0.717) is 5.75 Å². The topological polar surface area (TPSA) is 9.23 Å². The van der Waals surface area contributed by atoms with Crippen LogP contribution in [0.5, 0.6) is 5.75 Å². The van der Waals surface area contributed by atoms with Crippen LogP contribution in [-0.4, -0.2) is 6.86 Å². The predicted molar refractivity (Wildman–Crippen MR) is 48.4 cm³/mol. The van der Waals surface area contributed by atoms with Crippen LogP contribution in [0, 0.1) is 0 Å². The first-order valence-electron chi connectivity index (χ1n) is 2.88. The quantitative estimate of drug-likeness (QED) is 0.807. The SMILES string of the molecule is FCOc1ccc(Br)c(Br)c1. The zero-order valence-electron chi connectivity index (χ0n) is 5.48. The summed E-state index contributed by atoms with van der Waals surface area (Å²) in [5, 5.41) is 0. The number of rotatable bonds is 2. The number of ether oxygens (including phenoxy) is 1. The smallest absolute Gasteiger partial charge is 0.228 e. The molecule has 0 saturated carbocycles. The van der Waals surface area contributed by atoms with Crippen LogP contribution < -0.4 is 4.74 Å². The van der Waals surface area contributed by atoms with Crippen molar-refractivity contribution in [3.05, 3.63) is 27.1 Å². The fraction of sp³-hybridized carbons (Fsp3) is 0.143. The van der Waals surface area contributed by atoms with Crippen LogP contribution in [0.4, 0.5) is 4.39 Å². The van der Waals surface area contributed by atoms with Crippen LogP contribution in [-0.2, 0) is 0 Å². The summed E-state index contributed by atoms with van der Waals surface area (Å²) in [6, 6.07) is 5.17. The van der Waals surface area contributed by atoms with Crippen LogP contribution in [0.15, 0.2) is 27.1 Å². The number of hydrogen-bond acceptors (Lipinski definition) is 1. The highest BCUT2D eigenvalue weighted by Gasteiger charge is 1.97. The Balaban J connectivity index is 2.86. The van der Waals surface area contributed by atoms with Crippen molar-refractivity contribution in [3.63, 3.8) is 0 Å². The van der Waals surface area contributed by atoms with Gasteiger partial charge in [0.15, 0.2) is 0 Å². The average Bonchev–Trinajstić information content (AvgIpc) is 1.98. The van der Waals surface area contributed by atoms with Crippen molar-refractivity contribution in [1.82, 2.24) is 0 Å². The van der Waals surface area contributed by atoms with Crippen molar-refractivity contribution in [2.75, 3.05) is 6.86 Å². The van der Waals surface area contributed by atoms with E-state index in [4.69, 9.17) is 0 Å². The van der Waals surface area contributed by atoms with Crippen molar-refractivity contribution >= 4 is 31.9 Å². The second kappa shape index (κ2) is 4.07. The van der Waals surface area contributed by atoms with E-state index in [1.807, 2.05) is 0 Å². The van der Waals surface area contributed by atoms with Crippen LogP contribution >= 0.6 is 31.9 Å². The number of hydrogen-bond donors (Lipinski definition) is 0. The van der Waals surface area contributed by atoms with Crippen LogP contribution in [0.2, 0.25) is 0 Å². The minimum Gasteiger partial charge on any atom is -0.463 e. The molecule has 0 aliphatic heterocycles. The summed E-state index contributed by atoms with van der Waals surface area (Å²) < 4.78 is 18.1. The number of benzene rings is 1. The molecule has 60 valence electrons. The lowest BCUT2D eigenvalue weighted by atomic mass is 10.3. The molecular formula is C7H5Br2FO.